The van der Waals surface area contributed by atoms with Crippen molar-refractivity contribution in [3.05, 3.63) is 59.7 Å². The van der Waals surface area contributed by atoms with E-state index in [4.69, 9.17) is 5.73 Å². The van der Waals surface area contributed by atoms with E-state index in [2.05, 4.69) is 4.99 Å². The number of rotatable bonds is 2. The summed E-state index contributed by atoms with van der Waals surface area (Å²) in [5, 5.41) is 11.3. The summed E-state index contributed by atoms with van der Waals surface area (Å²) in [6, 6.07) is 14.6. The van der Waals surface area contributed by atoms with Crippen molar-refractivity contribution in [1.29, 1.82) is 0 Å². The molecule has 0 radical (unpaired) electrons. The maximum Gasteiger partial charge on any atom is 0.214 e. The second kappa shape index (κ2) is 4.54. The third-order valence-corrected chi connectivity index (χ3v) is 3.96. The van der Waals surface area contributed by atoms with E-state index in [1.54, 1.807) is 22.8 Å². The highest BCUT2D eigenvalue weighted by Gasteiger charge is 2.30. The Labute approximate surface area is 126 Å². The van der Waals surface area contributed by atoms with Crippen molar-refractivity contribution < 1.29 is 9.90 Å². The molecule has 0 amide bonds. The molecular formula is C17H13N3O2. The molecule has 22 heavy (non-hydrogen) atoms. The largest absolute Gasteiger partial charge is 0.494 e. The smallest absolute Gasteiger partial charge is 0.214 e. The first kappa shape index (κ1) is 12.8. The number of fused-ring (bicyclic) bond motifs is 2. The fraction of sp³-hybridized carbons (Fsp3) is 0.0588. The molecule has 0 atom stereocenters. The van der Waals surface area contributed by atoms with Gasteiger partial charge in [0.15, 0.2) is 0 Å². The topological polar surface area (TPSA) is 80.6 Å². The number of para-hydroxylation sites is 2. The quantitative estimate of drug-likeness (QED) is 0.761. The van der Waals surface area contributed by atoms with Crippen LogP contribution >= 0.6 is 0 Å². The van der Waals surface area contributed by atoms with Gasteiger partial charge in [-0.3, -0.25) is 9.36 Å². The van der Waals surface area contributed by atoms with Crippen molar-refractivity contribution in [2.45, 2.75) is 6.67 Å². The van der Waals surface area contributed by atoms with E-state index in [9.17, 15) is 9.90 Å². The van der Waals surface area contributed by atoms with Gasteiger partial charge >= 0.3 is 0 Å². The molecule has 5 nitrogen and oxygen atoms in total. The summed E-state index contributed by atoms with van der Waals surface area (Å²) in [5.41, 5.74) is 8.41. The normalized spacial score (nSPS) is 13.5. The van der Waals surface area contributed by atoms with Crippen LogP contribution in [0.3, 0.4) is 0 Å². The Morgan fingerprint density at radius 1 is 1.09 bits per heavy atom. The Balaban J connectivity index is 2.01. The predicted molar refractivity (Wildman–Crippen MR) is 84.8 cm³/mol. The van der Waals surface area contributed by atoms with Crippen molar-refractivity contribution in [3.63, 3.8) is 0 Å². The van der Waals surface area contributed by atoms with Crippen molar-refractivity contribution in [1.82, 2.24) is 4.57 Å². The molecule has 0 saturated heterocycles. The van der Waals surface area contributed by atoms with E-state index in [0.717, 1.165) is 10.9 Å². The van der Waals surface area contributed by atoms with Gasteiger partial charge in [0.2, 0.25) is 11.7 Å². The Morgan fingerprint density at radius 2 is 1.82 bits per heavy atom. The molecule has 0 unspecified atom stereocenters. The highest BCUT2D eigenvalue weighted by molar-refractivity contribution is 6.56. The van der Waals surface area contributed by atoms with Gasteiger partial charge in [-0.1, -0.05) is 30.3 Å². The minimum absolute atomic E-state index is 0.0244. The molecule has 108 valence electrons. The number of aliphatic imine (C=N–C) groups is 1. The zero-order valence-corrected chi connectivity index (χ0v) is 11.7. The van der Waals surface area contributed by atoms with Gasteiger partial charge in [-0.25, -0.2) is 4.99 Å². The van der Waals surface area contributed by atoms with Crippen molar-refractivity contribution in [2.75, 3.05) is 0 Å². The molecule has 0 saturated carbocycles. The molecule has 5 heteroatoms. The minimum Gasteiger partial charge on any atom is -0.494 e. The molecule has 0 spiro atoms. The molecule has 0 fully saturated rings. The number of aromatic hydroxyl groups is 1. The van der Waals surface area contributed by atoms with Crippen LogP contribution in [0.25, 0.3) is 10.9 Å². The molecule has 1 aliphatic rings. The van der Waals surface area contributed by atoms with E-state index in [1.807, 2.05) is 30.3 Å². The summed E-state index contributed by atoms with van der Waals surface area (Å²) >= 11 is 0. The maximum atomic E-state index is 12.6. The van der Waals surface area contributed by atoms with Gasteiger partial charge < -0.3 is 10.8 Å². The van der Waals surface area contributed by atoms with E-state index >= 15 is 0 Å². The van der Waals surface area contributed by atoms with Crippen LogP contribution in [0.5, 0.6) is 5.88 Å². The second-order valence-corrected chi connectivity index (χ2v) is 5.13. The zero-order chi connectivity index (χ0) is 15.3. The fourth-order valence-corrected chi connectivity index (χ4v) is 2.94. The summed E-state index contributed by atoms with van der Waals surface area (Å²) < 4.78 is 1.57. The third kappa shape index (κ3) is 1.57. The average molecular weight is 291 g/mol. The zero-order valence-electron chi connectivity index (χ0n) is 11.7. The van der Waals surface area contributed by atoms with E-state index in [1.165, 1.54) is 0 Å². The first-order valence-corrected chi connectivity index (χ1v) is 6.95. The number of nitrogens with zero attached hydrogens (tertiary/aromatic N) is 2. The molecule has 3 aromatic rings. The number of aromatic nitrogens is 1. The fourth-order valence-electron chi connectivity index (χ4n) is 2.94. The van der Waals surface area contributed by atoms with E-state index < -0.39 is 0 Å². The summed E-state index contributed by atoms with van der Waals surface area (Å²) in [6.07, 6.45) is 0. The molecule has 0 bridgehead atoms. The van der Waals surface area contributed by atoms with Crippen LogP contribution in [0, 0.1) is 0 Å². The van der Waals surface area contributed by atoms with Crippen LogP contribution in [0.1, 0.15) is 15.9 Å². The number of benzene rings is 2. The summed E-state index contributed by atoms with van der Waals surface area (Å²) in [7, 11) is 0. The Morgan fingerprint density at radius 3 is 2.59 bits per heavy atom. The minimum atomic E-state index is -0.175. The van der Waals surface area contributed by atoms with Crippen LogP contribution in [-0.2, 0) is 6.67 Å². The molecule has 1 aliphatic heterocycles. The van der Waals surface area contributed by atoms with Crippen LogP contribution in [-0.4, -0.2) is 21.2 Å². The van der Waals surface area contributed by atoms with Gasteiger partial charge in [0.05, 0.1) is 23.4 Å². The number of Topliss-reactive ketones (excluding diaryl/α,β-unsaturated/α-hetero) is 1. The standard InChI is InChI=1S/C17H13N3O2/c18-9-20-13-8-4-2-6-11(13)14(17(20)22)15-16(21)10-5-1-3-7-12(10)19-15/h1-8,22H,9,18H2. The average Bonchev–Trinajstić information content (AvgIpc) is 3.01. The van der Waals surface area contributed by atoms with Crippen LogP contribution in [0.15, 0.2) is 53.5 Å². The highest BCUT2D eigenvalue weighted by atomic mass is 16.3. The van der Waals surface area contributed by atoms with Gasteiger partial charge in [-0.05, 0) is 18.2 Å². The molecule has 3 N–H and O–H groups in total. The molecule has 0 aliphatic carbocycles. The third-order valence-electron chi connectivity index (χ3n) is 3.96. The predicted octanol–water partition coefficient (Wildman–Crippen LogP) is 2.58. The molecule has 1 aromatic heterocycles. The SMILES string of the molecule is NCn1c(O)c(C2=Nc3ccccc3C2=O)c2ccccc21. The van der Waals surface area contributed by atoms with Crippen LogP contribution in [0.2, 0.25) is 0 Å². The van der Waals surface area contributed by atoms with Gasteiger partial charge in [-0.15, -0.1) is 0 Å². The summed E-state index contributed by atoms with van der Waals surface area (Å²) in [5.74, 6) is -0.200. The van der Waals surface area contributed by atoms with Gasteiger partial charge in [0, 0.05) is 10.9 Å². The van der Waals surface area contributed by atoms with Crippen LogP contribution < -0.4 is 5.73 Å². The maximum absolute atomic E-state index is 12.6. The Kier molecular flexibility index (Phi) is 2.64. The lowest BCUT2D eigenvalue weighted by molar-refractivity contribution is 0.107. The number of hydrogen-bond donors (Lipinski definition) is 2. The lowest BCUT2D eigenvalue weighted by Gasteiger charge is -2.02. The lowest BCUT2D eigenvalue weighted by Crippen LogP contribution is -2.12. The lowest BCUT2D eigenvalue weighted by atomic mass is 10.0. The van der Waals surface area contributed by atoms with E-state index in [-0.39, 0.29) is 24.0 Å². The molecule has 4 rings (SSSR count). The van der Waals surface area contributed by atoms with Gasteiger partial charge in [0.1, 0.15) is 5.71 Å². The van der Waals surface area contributed by atoms with Crippen molar-refractivity contribution in [3.8, 4) is 5.88 Å². The van der Waals surface area contributed by atoms with E-state index in [0.29, 0.717) is 16.8 Å². The van der Waals surface area contributed by atoms with Crippen molar-refractivity contribution >= 4 is 28.1 Å². The van der Waals surface area contributed by atoms with Gasteiger partial charge in [-0.2, -0.15) is 0 Å². The summed E-state index contributed by atoms with van der Waals surface area (Å²) in [4.78, 5) is 17.0. The number of ketones is 1. The second-order valence-electron chi connectivity index (χ2n) is 5.13. The Hall–Kier alpha value is -2.92. The molecule has 2 heterocycles. The van der Waals surface area contributed by atoms with Crippen LogP contribution in [0.4, 0.5) is 5.69 Å². The number of carbonyl (C=O) groups is 1. The Bertz CT molecular complexity index is 954. The number of carbonyl (C=O) groups excluding carboxylic acids is 1. The monoisotopic (exact) mass is 291 g/mol. The number of nitrogens with two attached hydrogens (primary N) is 1. The number of hydrogen-bond acceptors (Lipinski definition) is 4. The highest BCUT2D eigenvalue weighted by Crippen LogP contribution is 2.36. The first-order chi connectivity index (χ1) is 10.7. The van der Waals surface area contributed by atoms with Crippen molar-refractivity contribution in [2.24, 2.45) is 10.7 Å². The first-order valence-electron chi connectivity index (χ1n) is 6.95. The molecular weight excluding hydrogens is 278 g/mol. The molecule has 2 aromatic carbocycles. The van der Waals surface area contributed by atoms with Gasteiger partial charge in [0.25, 0.3) is 0 Å². The summed E-state index contributed by atoms with van der Waals surface area (Å²) in [6.45, 7) is 0.126.